The molecule has 9 nitrogen and oxygen atoms in total. The van der Waals surface area contributed by atoms with Crippen LogP contribution in [0.5, 0.6) is 0 Å². The minimum absolute atomic E-state index is 0.0631. The molecule has 0 spiro atoms. The van der Waals surface area contributed by atoms with Gasteiger partial charge in [-0.25, -0.2) is 13.2 Å². The number of rotatable bonds is 5. The monoisotopic (exact) mass is 404 g/mol. The summed E-state index contributed by atoms with van der Waals surface area (Å²) in [7, 11) is -0.925. The van der Waals surface area contributed by atoms with E-state index in [4.69, 9.17) is 4.42 Å². The largest absolute Gasteiger partial charge is 0.465 e. The van der Waals surface area contributed by atoms with Gasteiger partial charge in [-0.15, -0.1) is 10.2 Å². The van der Waals surface area contributed by atoms with Crippen LogP contribution in [0.1, 0.15) is 27.6 Å². The van der Waals surface area contributed by atoms with E-state index in [0.29, 0.717) is 34.1 Å². The van der Waals surface area contributed by atoms with E-state index >= 15 is 0 Å². The Labute approximate surface area is 162 Å². The van der Waals surface area contributed by atoms with Crippen LogP contribution in [0.4, 0.5) is 5.69 Å². The summed E-state index contributed by atoms with van der Waals surface area (Å²) < 4.78 is 40.7. The van der Waals surface area contributed by atoms with Crippen LogP contribution in [-0.2, 0) is 21.8 Å². The summed E-state index contributed by atoms with van der Waals surface area (Å²) in [6.45, 7) is 5.12. The highest BCUT2D eigenvalue weighted by atomic mass is 32.2. The maximum Gasteiger partial charge on any atom is 0.337 e. The molecule has 0 saturated carbocycles. The number of anilines is 1. The van der Waals surface area contributed by atoms with Crippen molar-refractivity contribution >= 4 is 21.7 Å². The Morgan fingerprint density at radius 3 is 2.29 bits per heavy atom. The van der Waals surface area contributed by atoms with Gasteiger partial charge >= 0.3 is 5.97 Å². The number of benzene rings is 1. The van der Waals surface area contributed by atoms with Gasteiger partial charge in [0.25, 0.3) is 15.9 Å². The van der Waals surface area contributed by atoms with Gasteiger partial charge in [0, 0.05) is 31.0 Å². The Kier molecular flexibility index (Phi) is 4.99. The number of sulfonamides is 1. The smallest absolute Gasteiger partial charge is 0.337 e. The molecule has 0 aliphatic rings. The average Bonchev–Trinajstić information content (AvgIpc) is 3.18. The Bertz CT molecular complexity index is 1140. The van der Waals surface area contributed by atoms with Crippen LogP contribution in [0.15, 0.2) is 33.6 Å². The van der Waals surface area contributed by atoms with Gasteiger partial charge < -0.3 is 13.7 Å². The first kappa shape index (κ1) is 19.6. The molecule has 0 radical (unpaired) electrons. The number of carbonyl (C=O) groups is 1. The lowest BCUT2D eigenvalue weighted by atomic mass is 10.2. The van der Waals surface area contributed by atoms with Crippen molar-refractivity contribution in [3.8, 4) is 11.5 Å². The van der Waals surface area contributed by atoms with Gasteiger partial charge in [-0.2, -0.15) is 0 Å². The number of aryl methyl sites for hydroxylation is 1. The van der Waals surface area contributed by atoms with Crippen LogP contribution in [0.3, 0.4) is 0 Å². The van der Waals surface area contributed by atoms with Crippen molar-refractivity contribution in [2.75, 3.05) is 11.8 Å². The fourth-order valence-electron chi connectivity index (χ4n) is 2.89. The number of aromatic nitrogens is 3. The normalized spacial score (nSPS) is 11.5. The van der Waals surface area contributed by atoms with Gasteiger partial charge in [-0.3, -0.25) is 4.72 Å². The number of hydrogen-bond donors (Lipinski definition) is 1. The van der Waals surface area contributed by atoms with Gasteiger partial charge in [0.05, 0.1) is 18.2 Å². The van der Waals surface area contributed by atoms with Gasteiger partial charge in [0.1, 0.15) is 4.90 Å². The van der Waals surface area contributed by atoms with Crippen LogP contribution >= 0.6 is 0 Å². The van der Waals surface area contributed by atoms with E-state index in [1.54, 1.807) is 32.4 Å². The summed E-state index contributed by atoms with van der Waals surface area (Å²) in [5, 5.41) is 7.78. The number of methoxy groups -OCH3 is 1. The molecule has 0 saturated heterocycles. The minimum atomic E-state index is -3.97. The molecule has 0 bridgehead atoms. The van der Waals surface area contributed by atoms with E-state index in [-0.39, 0.29) is 10.8 Å². The molecule has 0 unspecified atom stereocenters. The summed E-state index contributed by atoms with van der Waals surface area (Å²) >= 11 is 0. The maximum absolute atomic E-state index is 13.2. The number of hydrogen-bond acceptors (Lipinski definition) is 7. The molecule has 1 aromatic carbocycles. The van der Waals surface area contributed by atoms with Crippen LogP contribution in [0.25, 0.3) is 11.5 Å². The molecule has 2 heterocycles. The highest BCUT2D eigenvalue weighted by Crippen LogP contribution is 2.35. The summed E-state index contributed by atoms with van der Waals surface area (Å²) in [6, 6.07) is 5.95. The molecule has 0 amide bonds. The fourth-order valence-corrected chi connectivity index (χ4v) is 4.47. The zero-order chi connectivity index (χ0) is 20.6. The molecule has 0 fully saturated rings. The van der Waals surface area contributed by atoms with Crippen molar-refractivity contribution in [1.29, 1.82) is 0 Å². The highest BCUT2D eigenvalue weighted by Gasteiger charge is 2.30. The summed E-state index contributed by atoms with van der Waals surface area (Å²) in [5.41, 5.74) is 2.20. The molecule has 28 heavy (non-hydrogen) atoms. The number of esters is 1. The first-order chi connectivity index (χ1) is 13.2. The average molecular weight is 404 g/mol. The number of nitrogens with zero attached hydrogens (tertiary/aromatic N) is 3. The Hall–Kier alpha value is -3.14. The molecular formula is C18H20N4O5S. The van der Waals surface area contributed by atoms with Crippen molar-refractivity contribution in [3.63, 3.8) is 0 Å². The molecule has 3 aromatic rings. The maximum atomic E-state index is 13.2. The van der Waals surface area contributed by atoms with E-state index in [1.807, 2.05) is 0 Å². The lowest BCUT2D eigenvalue weighted by molar-refractivity contribution is 0.0600. The van der Waals surface area contributed by atoms with Gasteiger partial charge in [-0.1, -0.05) is 0 Å². The minimum Gasteiger partial charge on any atom is -0.465 e. The SMILES string of the molecule is COC(=O)c1ccc(NS(=O)(=O)c2c(-c3nnc(C)o3)c(C)n(C)c2C)cc1. The van der Waals surface area contributed by atoms with E-state index in [2.05, 4.69) is 19.7 Å². The molecule has 0 aliphatic heterocycles. The van der Waals surface area contributed by atoms with Crippen molar-refractivity contribution < 1.29 is 22.4 Å². The first-order valence-corrected chi connectivity index (χ1v) is 9.81. The van der Waals surface area contributed by atoms with Crippen LogP contribution < -0.4 is 4.72 Å². The molecule has 1 N–H and O–H groups in total. The predicted octanol–water partition coefficient (Wildman–Crippen LogP) is 2.59. The van der Waals surface area contributed by atoms with Gasteiger partial charge in [0.15, 0.2) is 0 Å². The van der Waals surface area contributed by atoms with Crippen LogP contribution in [0.2, 0.25) is 0 Å². The quantitative estimate of drug-likeness (QED) is 0.650. The molecule has 3 rings (SSSR count). The van der Waals surface area contributed by atoms with Gasteiger partial charge in [-0.05, 0) is 38.1 Å². The molecule has 10 heteroatoms. The third-order valence-corrected chi connectivity index (χ3v) is 6.03. The second kappa shape index (κ2) is 7.12. The topological polar surface area (TPSA) is 116 Å². The zero-order valence-corrected chi connectivity index (χ0v) is 16.9. The molecule has 0 atom stereocenters. The van der Waals surface area contributed by atoms with E-state index in [1.165, 1.54) is 31.4 Å². The van der Waals surface area contributed by atoms with Crippen molar-refractivity contribution in [1.82, 2.24) is 14.8 Å². The molecular weight excluding hydrogens is 384 g/mol. The lowest BCUT2D eigenvalue weighted by Crippen LogP contribution is -2.15. The highest BCUT2D eigenvalue weighted by molar-refractivity contribution is 7.93. The van der Waals surface area contributed by atoms with E-state index in [0.717, 1.165) is 0 Å². The zero-order valence-electron chi connectivity index (χ0n) is 16.1. The van der Waals surface area contributed by atoms with Crippen molar-refractivity contribution in [2.45, 2.75) is 25.7 Å². The third kappa shape index (κ3) is 3.38. The Morgan fingerprint density at radius 1 is 1.11 bits per heavy atom. The van der Waals surface area contributed by atoms with Gasteiger partial charge in [0.2, 0.25) is 5.89 Å². The Balaban J connectivity index is 2.05. The Morgan fingerprint density at radius 2 is 1.75 bits per heavy atom. The molecule has 148 valence electrons. The van der Waals surface area contributed by atoms with Crippen molar-refractivity contribution in [2.24, 2.45) is 7.05 Å². The van der Waals surface area contributed by atoms with E-state index in [9.17, 15) is 13.2 Å². The van der Waals surface area contributed by atoms with Crippen LogP contribution in [0, 0.1) is 20.8 Å². The lowest BCUT2D eigenvalue weighted by Gasteiger charge is -2.10. The predicted molar refractivity (Wildman–Crippen MR) is 102 cm³/mol. The first-order valence-electron chi connectivity index (χ1n) is 8.33. The number of carbonyl (C=O) groups excluding carboxylic acids is 1. The number of nitrogens with one attached hydrogen (secondary N) is 1. The standard InChI is InChI=1S/C18H20N4O5S/c1-10-15(17-20-19-12(3)27-17)16(11(2)22(10)4)28(24,25)21-14-8-6-13(7-9-14)18(23)26-5/h6-9,21H,1-5H3. The summed E-state index contributed by atoms with van der Waals surface area (Å²) in [6.07, 6.45) is 0. The second-order valence-electron chi connectivity index (χ2n) is 6.23. The molecule has 2 aromatic heterocycles. The molecule has 0 aliphatic carbocycles. The number of ether oxygens (including phenoxy) is 1. The van der Waals surface area contributed by atoms with Crippen LogP contribution in [-0.4, -0.2) is 36.3 Å². The van der Waals surface area contributed by atoms with E-state index < -0.39 is 16.0 Å². The third-order valence-electron chi connectivity index (χ3n) is 4.49. The summed E-state index contributed by atoms with van der Waals surface area (Å²) in [4.78, 5) is 11.6. The summed E-state index contributed by atoms with van der Waals surface area (Å²) in [5.74, 6) is -0.0243. The second-order valence-corrected chi connectivity index (χ2v) is 7.85. The fraction of sp³-hybridized carbons (Fsp3) is 0.278. The van der Waals surface area contributed by atoms with Crippen molar-refractivity contribution in [3.05, 3.63) is 47.1 Å².